The Kier molecular flexibility index (Phi) is 7.49. The zero-order valence-electron chi connectivity index (χ0n) is 27.2. The first-order valence-corrected chi connectivity index (χ1v) is 16.9. The Morgan fingerprint density at radius 3 is 1.38 bits per heavy atom. The maximum absolute atomic E-state index is 5.22. The third-order valence-corrected chi connectivity index (χ3v) is 9.35. The summed E-state index contributed by atoms with van der Waals surface area (Å²) in [5.74, 6) is 0.681. The number of fused-ring (bicyclic) bond motifs is 2. The molecule has 0 aliphatic heterocycles. The van der Waals surface area contributed by atoms with Gasteiger partial charge in [0.15, 0.2) is 5.82 Å². The summed E-state index contributed by atoms with van der Waals surface area (Å²) in [5.41, 5.74) is 11.8. The summed E-state index contributed by atoms with van der Waals surface area (Å²) in [6, 6.07) is 62.0. The predicted octanol–water partition coefficient (Wildman–Crippen LogP) is 12.2. The molecule has 0 unspecified atom stereocenters. The average molecular weight is 638 g/mol. The average Bonchev–Trinajstić information content (AvgIpc) is 3.21. The van der Waals surface area contributed by atoms with Gasteiger partial charge in [-0.2, -0.15) is 0 Å². The van der Waals surface area contributed by atoms with Crippen LogP contribution in [0.1, 0.15) is 0 Å². The van der Waals surface area contributed by atoms with Gasteiger partial charge in [0, 0.05) is 34.6 Å². The predicted molar refractivity (Wildman–Crippen MR) is 207 cm³/mol. The largest absolute Gasteiger partial charge is 0.264 e. The van der Waals surface area contributed by atoms with Gasteiger partial charge >= 0.3 is 0 Å². The molecule has 3 nitrogen and oxygen atoms in total. The molecule has 0 amide bonds. The van der Waals surface area contributed by atoms with E-state index in [9.17, 15) is 0 Å². The molecular weight excluding hydrogens is 607 g/mol. The molecule has 3 heteroatoms. The van der Waals surface area contributed by atoms with Crippen molar-refractivity contribution in [2.24, 2.45) is 0 Å². The molecule has 9 aromatic rings. The summed E-state index contributed by atoms with van der Waals surface area (Å²) in [6.45, 7) is 0. The molecule has 50 heavy (non-hydrogen) atoms. The van der Waals surface area contributed by atoms with Crippen molar-refractivity contribution in [2.75, 3.05) is 0 Å². The highest BCUT2D eigenvalue weighted by atomic mass is 14.9. The van der Waals surface area contributed by atoms with Gasteiger partial charge in [0.1, 0.15) is 0 Å². The van der Waals surface area contributed by atoms with Gasteiger partial charge in [-0.25, -0.2) is 9.97 Å². The van der Waals surface area contributed by atoms with Crippen LogP contribution in [0.15, 0.2) is 188 Å². The maximum atomic E-state index is 5.22. The molecule has 9 rings (SSSR count). The van der Waals surface area contributed by atoms with Gasteiger partial charge in [-0.15, -0.1) is 0 Å². The van der Waals surface area contributed by atoms with Crippen LogP contribution >= 0.6 is 0 Å². The summed E-state index contributed by atoms with van der Waals surface area (Å²) >= 11 is 0. The number of hydrogen-bond acceptors (Lipinski definition) is 3. The van der Waals surface area contributed by atoms with Gasteiger partial charge in [-0.1, -0.05) is 152 Å². The van der Waals surface area contributed by atoms with E-state index in [1.54, 1.807) is 6.20 Å². The van der Waals surface area contributed by atoms with Crippen LogP contribution in [0.4, 0.5) is 0 Å². The van der Waals surface area contributed by atoms with Crippen molar-refractivity contribution in [2.45, 2.75) is 0 Å². The van der Waals surface area contributed by atoms with E-state index in [0.29, 0.717) is 5.82 Å². The highest BCUT2D eigenvalue weighted by Crippen LogP contribution is 2.44. The van der Waals surface area contributed by atoms with Gasteiger partial charge in [-0.05, 0) is 73.6 Å². The van der Waals surface area contributed by atoms with Crippen LogP contribution in [0.5, 0.6) is 0 Å². The van der Waals surface area contributed by atoms with E-state index in [-0.39, 0.29) is 0 Å². The molecule has 0 aliphatic rings. The lowest BCUT2D eigenvalue weighted by atomic mass is 9.85. The van der Waals surface area contributed by atoms with Crippen LogP contribution in [-0.2, 0) is 0 Å². The summed E-state index contributed by atoms with van der Waals surface area (Å²) in [7, 11) is 0. The Labute approximate surface area is 291 Å². The molecule has 0 fully saturated rings. The van der Waals surface area contributed by atoms with Crippen LogP contribution in [0.2, 0.25) is 0 Å². The molecule has 0 bridgehead atoms. The third-order valence-electron chi connectivity index (χ3n) is 9.35. The molecule has 2 heterocycles. The maximum Gasteiger partial charge on any atom is 0.160 e. The number of pyridine rings is 1. The second-order valence-electron chi connectivity index (χ2n) is 12.4. The summed E-state index contributed by atoms with van der Waals surface area (Å²) in [5, 5.41) is 4.93. The fraction of sp³-hybridized carbons (Fsp3) is 0. The number of aromatic nitrogens is 3. The highest BCUT2D eigenvalue weighted by Gasteiger charge is 2.18. The summed E-state index contributed by atoms with van der Waals surface area (Å²) in [4.78, 5) is 14.7. The second-order valence-corrected chi connectivity index (χ2v) is 12.4. The lowest BCUT2D eigenvalue weighted by Crippen LogP contribution is -1.96. The first kappa shape index (κ1) is 29.4. The van der Waals surface area contributed by atoms with Crippen molar-refractivity contribution in [1.29, 1.82) is 0 Å². The first-order chi connectivity index (χ1) is 24.8. The van der Waals surface area contributed by atoms with E-state index < -0.39 is 0 Å². The molecule has 2 aromatic heterocycles. The van der Waals surface area contributed by atoms with Crippen LogP contribution < -0.4 is 0 Å². The zero-order valence-corrected chi connectivity index (χ0v) is 27.2. The number of benzene rings is 7. The third kappa shape index (κ3) is 5.41. The second kappa shape index (κ2) is 12.7. The van der Waals surface area contributed by atoms with E-state index in [4.69, 9.17) is 9.97 Å². The number of nitrogens with zero attached hydrogens (tertiary/aromatic N) is 3. The van der Waals surface area contributed by atoms with Crippen molar-refractivity contribution in [3.63, 3.8) is 0 Å². The lowest BCUT2D eigenvalue weighted by molar-refractivity contribution is 1.18. The van der Waals surface area contributed by atoms with Crippen LogP contribution in [0.25, 0.3) is 88.8 Å². The molecule has 0 saturated carbocycles. The van der Waals surface area contributed by atoms with Crippen molar-refractivity contribution in [3.05, 3.63) is 188 Å². The molecular formula is C47H31N3. The fourth-order valence-electron chi connectivity index (χ4n) is 7.04. The lowest BCUT2D eigenvalue weighted by Gasteiger charge is -2.18. The van der Waals surface area contributed by atoms with Crippen molar-refractivity contribution in [1.82, 2.24) is 15.0 Å². The van der Waals surface area contributed by atoms with Gasteiger partial charge in [0.05, 0.1) is 11.4 Å². The van der Waals surface area contributed by atoms with E-state index in [0.717, 1.165) is 44.8 Å². The Balaban J connectivity index is 1.24. The van der Waals surface area contributed by atoms with Gasteiger partial charge in [0.2, 0.25) is 0 Å². The van der Waals surface area contributed by atoms with Crippen molar-refractivity contribution < 1.29 is 0 Å². The highest BCUT2D eigenvalue weighted by molar-refractivity contribution is 6.21. The van der Waals surface area contributed by atoms with E-state index in [1.807, 2.05) is 18.3 Å². The van der Waals surface area contributed by atoms with E-state index in [2.05, 4.69) is 169 Å². The Bertz CT molecular complexity index is 2580. The molecule has 0 saturated heterocycles. The minimum absolute atomic E-state index is 0.681. The van der Waals surface area contributed by atoms with Gasteiger partial charge in [-0.3, -0.25) is 4.98 Å². The number of hydrogen-bond donors (Lipinski definition) is 0. The monoisotopic (exact) mass is 637 g/mol. The molecule has 0 atom stereocenters. The summed E-state index contributed by atoms with van der Waals surface area (Å²) in [6.07, 6.45) is 3.68. The molecule has 7 aromatic carbocycles. The standard InChI is InChI=1S/C47H31N3/c1-3-14-32(15-4-1)43-30-44(50-47(49-43)37-21-11-18-34(28-37)38-22-13-27-48-31-38)35-19-12-20-36(29-35)46-41-25-9-7-23-39(41)45(33-16-5-2-6-17-33)40-24-8-10-26-42(40)46/h1-31H. The Morgan fingerprint density at radius 1 is 0.300 bits per heavy atom. The Morgan fingerprint density at radius 2 is 0.760 bits per heavy atom. The van der Waals surface area contributed by atoms with Gasteiger partial charge < -0.3 is 0 Å². The van der Waals surface area contributed by atoms with Crippen LogP contribution in [-0.4, -0.2) is 15.0 Å². The van der Waals surface area contributed by atoms with Gasteiger partial charge in [0.25, 0.3) is 0 Å². The first-order valence-electron chi connectivity index (χ1n) is 16.9. The smallest absolute Gasteiger partial charge is 0.160 e. The van der Waals surface area contributed by atoms with Crippen LogP contribution in [0, 0.1) is 0 Å². The molecule has 0 aliphatic carbocycles. The zero-order chi connectivity index (χ0) is 33.3. The fourth-order valence-corrected chi connectivity index (χ4v) is 7.04. The SMILES string of the molecule is c1ccc(-c2cc(-c3cccc(-c4c5ccccc5c(-c5ccccc5)c5ccccc45)c3)nc(-c3cccc(-c4cccnc4)c3)n2)cc1. The minimum atomic E-state index is 0.681. The quantitative estimate of drug-likeness (QED) is 0.170. The molecule has 0 radical (unpaired) electrons. The molecule has 0 N–H and O–H groups in total. The molecule has 234 valence electrons. The minimum Gasteiger partial charge on any atom is -0.264 e. The number of rotatable bonds is 6. The van der Waals surface area contributed by atoms with E-state index >= 15 is 0 Å². The van der Waals surface area contributed by atoms with Crippen molar-refractivity contribution in [3.8, 4) is 67.3 Å². The van der Waals surface area contributed by atoms with E-state index in [1.165, 1.54) is 38.2 Å². The normalized spacial score (nSPS) is 11.2. The Hall–Kier alpha value is -6.71. The summed E-state index contributed by atoms with van der Waals surface area (Å²) < 4.78 is 0. The van der Waals surface area contributed by atoms with Crippen LogP contribution in [0.3, 0.4) is 0 Å². The topological polar surface area (TPSA) is 38.7 Å². The van der Waals surface area contributed by atoms with Crippen molar-refractivity contribution >= 4 is 21.5 Å². The molecule has 0 spiro atoms.